The molecule has 3 aromatic rings. The lowest BCUT2D eigenvalue weighted by Gasteiger charge is -2.13. The number of fused-ring (bicyclic) bond motifs is 1. The smallest absolute Gasteiger partial charge is 0.375 e. The van der Waals surface area contributed by atoms with E-state index < -0.39 is 29.6 Å². The molecule has 0 fully saturated rings. The van der Waals surface area contributed by atoms with Crippen molar-refractivity contribution in [2.24, 2.45) is 0 Å². The fourth-order valence-electron chi connectivity index (χ4n) is 2.48. The van der Waals surface area contributed by atoms with Gasteiger partial charge in [-0.2, -0.15) is 0 Å². The molecule has 0 unspecified atom stereocenters. The van der Waals surface area contributed by atoms with Crippen LogP contribution in [0.25, 0.3) is 11.0 Å². The van der Waals surface area contributed by atoms with Gasteiger partial charge in [-0.05, 0) is 50.2 Å². The van der Waals surface area contributed by atoms with Crippen LogP contribution in [0.1, 0.15) is 23.0 Å². The number of halogens is 3. The Hall–Kier alpha value is -2.93. The van der Waals surface area contributed by atoms with Crippen molar-refractivity contribution < 1.29 is 27.5 Å². The molecule has 0 saturated heterocycles. The first-order valence-electron chi connectivity index (χ1n) is 7.92. The van der Waals surface area contributed by atoms with Gasteiger partial charge in [-0.25, -0.2) is 13.6 Å². The topological polar surface area (TPSA) is 68.5 Å². The lowest BCUT2D eigenvalue weighted by Crippen LogP contribution is -2.30. The molecule has 0 aliphatic rings. The van der Waals surface area contributed by atoms with E-state index in [0.29, 0.717) is 16.5 Å². The maximum absolute atomic E-state index is 13.8. The molecule has 1 heterocycles. The van der Waals surface area contributed by atoms with Gasteiger partial charge in [0.2, 0.25) is 5.76 Å². The van der Waals surface area contributed by atoms with Gasteiger partial charge in [0, 0.05) is 16.0 Å². The van der Waals surface area contributed by atoms with Crippen LogP contribution in [0.4, 0.5) is 14.5 Å². The number of benzene rings is 2. The van der Waals surface area contributed by atoms with Crippen LogP contribution in [-0.4, -0.2) is 18.0 Å². The highest BCUT2D eigenvalue weighted by Gasteiger charge is 2.25. The van der Waals surface area contributed by atoms with Crippen molar-refractivity contribution in [1.29, 1.82) is 0 Å². The molecule has 1 atom stereocenters. The van der Waals surface area contributed by atoms with E-state index in [1.54, 1.807) is 6.92 Å². The summed E-state index contributed by atoms with van der Waals surface area (Å²) in [5.41, 5.74) is 0.620. The Morgan fingerprint density at radius 3 is 2.63 bits per heavy atom. The van der Waals surface area contributed by atoms with Crippen molar-refractivity contribution in [3.05, 3.63) is 64.4 Å². The van der Waals surface area contributed by atoms with E-state index in [1.165, 1.54) is 37.3 Å². The Kier molecular flexibility index (Phi) is 5.14. The van der Waals surface area contributed by atoms with Gasteiger partial charge in [0.15, 0.2) is 6.10 Å². The number of aryl methyl sites for hydroxylation is 1. The molecule has 0 aliphatic heterocycles. The molecule has 1 N–H and O–H groups in total. The van der Waals surface area contributed by atoms with Gasteiger partial charge < -0.3 is 14.5 Å². The third-order valence-electron chi connectivity index (χ3n) is 3.93. The number of nitrogens with one attached hydrogen (secondary N) is 1. The maximum Gasteiger partial charge on any atom is 0.375 e. The number of ether oxygens (including phenoxy) is 1. The third-order valence-corrected chi connectivity index (χ3v) is 4.16. The van der Waals surface area contributed by atoms with Gasteiger partial charge in [0.25, 0.3) is 5.91 Å². The van der Waals surface area contributed by atoms with Crippen molar-refractivity contribution in [2.75, 3.05) is 5.32 Å². The SMILES string of the molecule is Cc1c(C(=O)O[C@@H](C)C(=O)Nc2ccc(Cl)cc2F)oc2ccc(F)cc12. The summed E-state index contributed by atoms with van der Waals surface area (Å²) < 4.78 is 37.6. The molecule has 1 aromatic heterocycles. The lowest BCUT2D eigenvalue weighted by molar-refractivity contribution is -0.123. The zero-order valence-corrected chi connectivity index (χ0v) is 15.1. The van der Waals surface area contributed by atoms with Crippen LogP contribution in [0.15, 0.2) is 40.8 Å². The van der Waals surface area contributed by atoms with Crippen LogP contribution in [0.3, 0.4) is 0 Å². The van der Waals surface area contributed by atoms with E-state index in [2.05, 4.69) is 5.32 Å². The minimum Gasteiger partial charge on any atom is -0.449 e. The van der Waals surface area contributed by atoms with Crippen LogP contribution in [0.2, 0.25) is 5.02 Å². The monoisotopic (exact) mass is 393 g/mol. The van der Waals surface area contributed by atoms with E-state index in [-0.39, 0.29) is 16.5 Å². The van der Waals surface area contributed by atoms with Crippen LogP contribution < -0.4 is 5.32 Å². The number of esters is 1. The number of furan rings is 1. The molecule has 0 saturated carbocycles. The number of anilines is 1. The second-order valence-corrected chi connectivity index (χ2v) is 6.29. The predicted molar refractivity (Wildman–Crippen MR) is 95.8 cm³/mol. The van der Waals surface area contributed by atoms with E-state index in [1.807, 2.05) is 0 Å². The Balaban J connectivity index is 1.73. The highest BCUT2D eigenvalue weighted by Crippen LogP contribution is 2.27. The van der Waals surface area contributed by atoms with E-state index in [4.69, 9.17) is 20.8 Å². The van der Waals surface area contributed by atoms with Crippen molar-refractivity contribution >= 4 is 40.1 Å². The molecule has 2 aromatic carbocycles. The molecule has 0 spiro atoms. The van der Waals surface area contributed by atoms with Gasteiger partial charge >= 0.3 is 5.97 Å². The number of hydrogen-bond donors (Lipinski definition) is 1. The highest BCUT2D eigenvalue weighted by molar-refractivity contribution is 6.30. The first kappa shape index (κ1) is 18.8. The van der Waals surface area contributed by atoms with Crippen molar-refractivity contribution in [3.63, 3.8) is 0 Å². The minimum absolute atomic E-state index is 0.0947. The molecular weight excluding hydrogens is 380 g/mol. The maximum atomic E-state index is 13.8. The Morgan fingerprint density at radius 2 is 1.93 bits per heavy atom. The fraction of sp³-hybridized carbons (Fsp3) is 0.158. The van der Waals surface area contributed by atoms with Gasteiger partial charge in [-0.15, -0.1) is 0 Å². The molecule has 0 radical (unpaired) electrons. The molecule has 27 heavy (non-hydrogen) atoms. The molecule has 1 amide bonds. The molecular formula is C19H14ClF2NO4. The summed E-state index contributed by atoms with van der Waals surface area (Å²) in [7, 11) is 0. The van der Waals surface area contributed by atoms with Gasteiger partial charge in [0.1, 0.15) is 17.2 Å². The third kappa shape index (κ3) is 3.93. The molecule has 3 rings (SSSR count). The average Bonchev–Trinajstić information content (AvgIpc) is 2.93. The van der Waals surface area contributed by atoms with Gasteiger partial charge in [-0.1, -0.05) is 11.6 Å². The number of carbonyl (C=O) groups excluding carboxylic acids is 2. The molecule has 140 valence electrons. The predicted octanol–water partition coefficient (Wildman–Crippen LogP) is 4.86. The normalized spacial score (nSPS) is 12.0. The summed E-state index contributed by atoms with van der Waals surface area (Å²) in [6.45, 7) is 2.91. The molecule has 8 heteroatoms. The van der Waals surface area contributed by atoms with Crippen molar-refractivity contribution in [2.45, 2.75) is 20.0 Å². The van der Waals surface area contributed by atoms with Gasteiger partial charge in [0.05, 0.1) is 5.69 Å². The van der Waals surface area contributed by atoms with Crippen LogP contribution >= 0.6 is 11.6 Å². The summed E-state index contributed by atoms with van der Waals surface area (Å²) in [4.78, 5) is 24.5. The molecule has 0 bridgehead atoms. The summed E-state index contributed by atoms with van der Waals surface area (Å²) in [5, 5.41) is 2.93. The zero-order chi connectivity index (χ0) is 19.7. The molecule has 0 aliphatic carbocycles. The summed E-state index contributed by atoms with van der Waals surface area (Å²) in [6, 6.07) is 7.59. The van der Waals surface area contributed by atoms with Crippen LogP contribution in [0.5, 0.6) is 0 Å². The fourth-order valence-corrected chi connectivity index (χ4v) is 2.64. The highest BCUT2D eigenvalue weighted by atomic mass is 35.5. The standard InChI is InChI=1S/C19H14ClF2NO4/c1-9-13-8-12(21)4-6-16(13)27-17(9)19(25)26-10(2)18(24)23-15-5-3-11(20)7-14(15)22/h3-8,10H,1-2H3,(H,23,24)/t10-/m0/s1. The lowest BCUT2D eigenvalue weighted by atomic mass is 10.1. The Bertz CT molecular complexity index is 1050. The number of hydrogen-bond acceptors (Lipinski definition) is 4. The van der Waals surface area contributed by atoms with E-state index in [9.17, 15) is 18.4 Å². The van der Waals surface area contributed by atoms with E-state index in [0.717, 1.165) is 6.07 Å². The Morgan fingerprint density at radius 1 is 1.19 bits per heavy atom. The summed E-state index contributed by atoms with van der Waals surface area (Å²) in [6.07, 6.45) is -1.23. The largest absolute Gasteiger partial charge is 0.449 e. The summed E-state index contributed by atoms with van der Waals surface area (Å²) >= 11 is 5.65. The quantitative estimate of drug-likeness (QED) is 0.643. The number of rotatable bonds is 4. The van der Waals surface area contributed by atoms with Crippen LogP contribution in [0, 0.1) is 18.6 Å². The first-order valence-corrected chi connectivity index (χ1v) is 8.29. The molecule has 5 nitrogen and oxygen atoms in total. The minimum atomic E-state index is -1.23. The zero-order valence-electron chi connectivity index (χ0n) is 14.3. The van der Waals surface area contributed by atoms with Crippen LogP contribution in [-0.2, 0) is 9.53 Å². The Labute approximate surface area is 157 Å². The average molecular weight is 394 g/mol. The first-order chi connectivity index (χ1) is 12.8. The number of carbonyl (C=O) groups is 2. The summed E-state index contributed by atoms with van der Waals surface area (Å²) in [5.74, 6) is -2.94. The number of amides is 1. The van der Waals surface area contributed by atoms with E-state index >= 15 is 0 Å². The second-order valence-electron chi connectivity index (χ2n) is 5.86. The van der Waals surface area contributed by atoms with Crippen molar-refractivity contribution in [3.8, 4) is 0 Å². The van der Waals surface area contributed by atoms with Crippen molar-refractivity contribution in [1.82, 2.24) is 0 Å². The van der Waals surface area contributed by atoms with Gasteiger partial charge in [-0.3, -0.25) is 4.79 Å². The second kappa shape index (κ2) is 7.36.